The van der Waals surface area contributed by atoms with E-state index < -0.39 is 0 Å². The van der Waals surface area contributed by atoms with Crippen LogP contribution in [0.15, 0.2) is 59.5 Å². The quantitative estimate of drug-likeness (QED) is 0.851. The Bertz CT molecular complexity index is 696. The standard InChI is InChI=1S/C21H25NO2S/c1-17-6-5-7-18(14-17)15-20(23)22-16-21(10-12-24-13-11-21)25-19-8-3-2-4-9-19/h2-9,14H,10-13,15-16H2,1H3,(H,22,23). The molecule has 1 heterocycles. The van der Waals surface area contributed by atoms with Gasteiger partial charge in [-0.3, -0.25) is 4.79 Å². The van der Waals surface area contributed by atoms with Gasteiger partial charge in [-0.1, -0.05) is 48.0 Å². The van der Waals surface area contributed by atoms with E-state index in [0.717, 1.165) is 31.6 Å². The van der Waals surface area contributed by atoms with E-state index in [1.165, 1.54) is 10.5 Å². The van der Waals surface area contributed by atoms with Gasteiger partial charge in [0.25, 0.3) is 0 Å². The zero-order chi connectivity index (χ0) is 17.5. The van der Waals surface area contributed by atoms with Crippen LogP contribution < -0.4 is 5.32 Å². The normalized spacial score (nSPS) is 16.4. The van der Waals surface area contributed by atoms with Crippen LogP contribution in [-0.2, 0) is 16.0 Å². The number of benzene rings is 2. The molecule has 0 aliphatic carbocycles. The zero-order valence-electron chi connectivity index (χ0n) is 14.7. The summed E-state index contributed by atoms with van der Waals surface area (Å²) in [5.74, 6) is 0.0881. The first-order valence-electron chi connectivity index (χ1n) is 8.79. The molecule has 25 heavy (non-hydrogen) atoms. The highest BCUT2D eigenvalue weighted by Gasteiger charge is 2.34. The van der Waals surface area contributed by atoms with Gasteiger partial charge in [-0.2, -0.15) is 0 Å². The Morgan fingerprint density at radius 3 is 2.60 bits per heavy atom. The Morgan fingerprint density at radius 2 is 1.88 bits per heavy atom. The summed E-state index contributed by atoms with van der Waals surface area (Å²) in [6.45, 7) is 4.25. The molecule has 2 aromatic rings. The molecule has 1 N–H and O–H groups in total. The minimum Gasteiger partial charge on any atom is -0.381 e. The number of rotatable bonds is 6. The Hall–Kier alpha value is -1.78. The zero-order valence-corrected chi connectivity index (χ0v) is 15.5. The molecule has 1 aliphatic heterocycles. The van der Waals surface area contributed by atoms with E-state index in [0.29, 0.717) is 13.0 Å². The lowest BCUT2D eigenvalue weighted by molar-refractivity contribution is -0.120. The van der Waals surface area contributed by atoms with E-state index >= 15 is 0 Å². The number of hydrogen-bond donors (Lipinski definition) is 1. The van der Waals surface area contributed by atoms with Gasteiger partial charge in [0.05, 0.1) is 6.42 Å². The maximum absolute atomic E-state index is 12.4. The number of hydrogen-bond acceptors (Lipinski definition) is 3. The maximum Gasteiger partial charge on any atom is 0.224 e. The fraction of sp³-hybridized carbons (Fsp3) is 0.381. The van der Waals surface area contributed by atoms with Gasteiger partial charge in [-0.05, 0) is 37.5 Å². The number of aryl methyl sites for hydroxylation is 1. The third-order valence-corrected chi connectivity index (χ3v) is 6.03. The first-order chi connectivity index (χ1) is 12.2. The number of amides is 1. The fourth-order valence-corrected chi connectivity index (χ4v) is 4.43. The lowest BCUT2D eigenvalue weighted by atomic mass is 9.99. The number of nitrogens with one attached hydrogen (secondary N) is 1. The second-order valence-electron chi connectivity index (χ2n) is 6.65. The third kappa shape index (κ3) is 5.35. The molecule has 0 spiro atoms. The number of thioether (sulfide) groups is 1. The van der Waals surface area contributed by atoms with Crippen molar-refractivity contribution in [2.75, 3.05) is 19.8 Å². The number of carbonyl (C=O) groups excluding carboxylic acids is 1. The molecule has 3 nitrogen and oxygen atoms in total. The molecule has 1 fully saturated rings. The first kappa shape index (κ1) is 18.0. The molecule has 0 atom stereocenters. The fourth-order valence-electron chi connectivity index (χ4n) is 3.13. The lowest BCUT2D eigenvalue weighted by Gasteiger charge is -2.36. The van der Waals surface area contributed by atoms with Crippen LogP contribution >= 0.6 is 11.8 Å². The molecule has 1 saturated heterocycles. The summed E-state index contributed by atoms with van der Waals surface area (Å²) < 4.78 is 5.57. The molecular weight excluding hydrogens is 330 g/mol. The minimum absolute atomic E-state index is 0.0157. The predicted molar refractivity (Wildman–Crippen MR) is 103 cm³/mol. The summed E-state index contributed by atoms with van der Waals surface area (Å²) in [4.78, 5) is 13.7. The van der Waals surface area contributed by atoms with Gasteiger partial charge in [-0.15, -0.1) is 11.8 Å². The molecule has 1 amide bonds. The van der Waals surface area contributed by atoms with Gasteiger partial charge in [-0.25, -0.2) is 0 Å². The van der Waals surface area contributed by atoms with Crippen LogP contribution in [0, 0.1) is 6.92 Å². The molecule has 3 rings (SSSR count). The van der Waals surface area contributed by atoms with Crippen LogP contribution in [0.1, 0.15) is 24.0 Å². The Balaban J connectivity index is 1.61. The minimum atomic E-state index is 0.0157. The van der Waals surface area contributed by atoms with E-state index in [4.69, 9.17) is 4.74 Å². The first-order valence-corrected chi connectivity index (χ1v) is 9.61. The van der Waals surface area contributed by atoms with Crippen molar-refractivity contribution in [2.45, 2.75) is 35.8 Å². The van der Waals surface area contributed by atoms with Crippen molar-refractivity contribution in [3.8, 4) is 0 Å². The van der Waals surface area contributed by atoms with Crippen molar-refractivity contribution < 1.29 is 9.53 Å². The SMILES string of the molecule is Cc1cccc(CC(=O)NCC2(Sc3ccccc3)CCOCC2)c1. The Kier molecular flexibility index (Phi) is 6.16. The molecular formula is C21H25NO2S. The van der Waals surface area contributed by atoms with Gasteiger partial charge >= 0.3 is 0 Å². The van der Waals surface area contributed by atoms with Crippen molar-refractivity contribution in [3.05, 3.63) is 65.7 Å². The van der Waals surface area contributed by atoms with E-state index in [-0.39, 0.29) is 10.7 Å². The third-order valence-electron chi connectivity index (χ3n) is 4.54. The summed E-state index contributed by atoms with van der Waals surface area (Å²) in [7, 11) is 0. The Morgan fingerprint density at radius 1 is 1.12 bits per heavy atom. The molecule has 132 valence electrons. The lowest BCUT2D eigenvalue weighted by Crippen LogP contribution is -2.44. The molecule has 2 aromatic carbocycles. The number of carbonyl (C=O) groups is 1. The summed E-state index contributed by atoms with van der Waals surface area (Å²) in [5.41, 5.74) is 2.25. The summed E-state index contributed by atoms with van der Waals surface area (Å²) in [6, 6.07) is 18.6. The second kappa shape index (κ2) is 8.54. The molecule has 0 bridgehead atoms. The van der Waals surface area contributed by atoms with E-state index in [2.05, 4.69) is 48.6 Å². The van der Waals surface area contributed by atoms with Crippen LogP contribution in [0.2, 0.25) is 0 Å². The summed E-state index contributed by atoms with van der Waals surface area (Å²) >= 11 is 1.87. The van der Waals surface area contributed by atoms with Gasteiger partial charge in [0, 0.05) is 29.4 Å². The number of ether oxygens (including phenoxy) is 1. The van der Waals surface area contributed by atoms with E-state index in [9.17, 15) is 4.79 Å². The highest BCUT2D eigenvalue weighted by molar-refractivity contribution is 8.00. The van der Waals surface area contributed by atoms with E-state index in [1.54, 1.807) is 0 Å². The molecule has 0 unspecified atom stereocenters. The summed E-state index contributed by atoms with van der Waals surface area (Å²) in [5, 5.41) is 3.17. The van der Waals surface area contributed by atoms with Crippen molar-refractivity contribution >= 4 is 17.7 Å². The highest BCUT2D eigenvalue weighted by Crippen LogP contribution is 2.40. The smallest absolute Gasteiger partial charge is 0.224 e. The summed E-state index contributed by atoms with van der Waals surface area (Å²) in [6.07, 6.45) is 2.35. The van der Waals surface area contributed by atoms with Crippen molar-refractivity contribution in [3.63, 3.8) is 0 Å². The van der Waals surface area contributed by atoms with Crippen molar-refractivity contribution in [1.82, 2.24) is 5.32 Å². The molecule has 0 saturated carbocycles. The van der Waals surface area contributed by atoms with Crippen LogP contribution in [0.5, 0.6) is 0 Å². The van der Waals surface area contributed by atoms with Gasteiger partial charge in [0.1, 0.15) is 0 Å². The highest BCUT2D eigenvalue weighted by atomic mass is 32.2. The Labute approximate surface area is 154 Å². The molecule has 4 heteroatoms. The van der Waals surface area contributed by atoms with Crippen LogP contribution in [0.4, 0.5) is 0 Å². The largest absolute Gasteiger partial charge is 0.381 e. The van der Waals surface area contributed by atoms with Crippen LogP contribution in [-0.4, -0.2) is 30.4 Å². The predicted octanol–water partition coefficient (Wildman–Crippen LogP) is 4.00. The monoisotopic (exact) mass is 355 g/mol. The van der Waals surface area contributed by atoms with Gasteiger partial charge in [0.15, 0.2) is 0 Å². The van der Waals surface area contributed by atoms with Crippen molar-refractivity contribution in [1.29, 1.82) is 0 Å². The molecule has 1 aliphatic rings. The topological polar surface area (TPSA) is 38.3 Å². The van der Waals surface area contributed by atoms with Crippen LogP contribution in [0.3, 0.4) is 0 Å². The molecule has 0 radical (unpaired) electrons. The van der Waals surface area contributed by atoms with Crippen molar-refractivity contribution in [2.24, 2.45) is 0 Å². The molecule has 0 aromatic heterocycles. The van der Waals surface area contributed by atoms with Crippen LogP contribution in [0.25, 0.3) is 0 Å². The van der Waals surface area contributed by atoms with Gasteiger partial charge < -0.3 is 10.1 Å². The van der Waals surface area contributed by atoms with Gasteiger partial charge in [0.2, 0.25) is 5.91 Å². The second-order valence-corrected chi connectivity index (χ2v) is 8.19. The average Bonchev–Trinajstić information content (AvgIpc) is 2.62. The van der Waals surface area contributed by atoms with E-state index in [1.807, 2.05) is 30.0 Å². The average molecular weight is 356 g/mol. The maximum atomic E-state index is 12.4.